The average molecular weight is 491 g/mol. The number of β-amino-alcohol motifs (C(OH)–C–C–N with tert-alkyl or cyclic N) is 1. The van der Waals surface area contributed by atoms with Crippen LogP contribution in [-0.4, -0.2) is 80.8 Å². The lowest BCUT2D eigenvalue weighted by Gasteiger charge is -2.31. The van der Waals surface area contributed by atoms with Crippen LogP contribution in [0.25, 0.3) is 0 Å². The summed E-state index contributed by atoms with van der Waals surface area (Å²) in [5.74, 6) is -1.22. The number of carbonyl (C=O) groups excluding carboxylic acids is 4. The first-order chi connectivity index (χ1) is 17.3. The van der Waals surface area contributed by atoms with Crippen LogP contribution in [0.15, 0.2) is 54.6 Å². The normalized spacial score (nSPS) is 24.3. The number of likely N-dealkylation sites (tertiary alicyclic amines) is 2. The van der Waals surface area contributed by atoms with E-state index in [-0.39, 0.29) is 24.8 Å². The van der Waals surface area contributed by atoms with Crippen molar-refractivity contribution in [2.75, 3.05) is 13.1 Å². The minimum Gasteiger partial charge on any atom is -0.391 e. The Morgan fingerprint density at radius 3 is 2.56 bits per heavy atom. The van der Waals surface area contributed by atoms with Crippen molar-refractivity contribution in [2.45, 2.75) is 57.1 Å². The minimum atomic E-state index is -0.897. The van der Waals surface area contributed by atoms with Crippen LogP contribution in [0.3, 0.4) is 0 Å². The molecule has 2 saturated heterocycles. The molecule has 5 rings (SSSR count). The first kappa shape index (κ1) is 24.0. The van der Waals surface area contributed by atoms with Gasteiger partial charge in [0.2, 0.25) is 17.7 Å². The van der Waals surface area contributed by atoms with Gasteiger partial charge in [-0.15, -0.1) is 0 Å². The number of fused-ring (bicyclic) bond motifs is 1. The fourth-order valence-corrected chi connectivity index (χ4v) is 5.37. The van der Waals surface area contributed by atoms with Crippen LogP contribution < -0.4 is 5.32 Å². The Morgan fingerprint density at radius 1 is 1.08 bits per heavy atom. The van der Waals surface area contributed by atoms with Crippen molar-refractivity contribution in [3.05, 3.63) is 71.3 Å². The second-order valence-corrected chi connectivity index (χ2v) is 9.76. The summed E-state index contributed by atoms with van der Waals surface area (Å²) in [7, 11) is 0. The third-order valence-corrected chi connectivity index (χ3v) is 7.37. The van der Waals surface area contributed by atoms with E-state index in [4.69, 9.17) is 0 Å². The van der Waals surface area contributed by atoms with E-state index in [0.29, 0.717) is 31.6 Å². The lowest BCUT2D eigenvalue weighted by atomic mass is 10.1. The zero-order valence-corrected chi connectivity index (χ0v) is 20.2. The van der Waals surface area contributed by atoms with Gasteiger partial charge in [-0.25, -0.2) is 0 Å². The number of benzene rings is 2. The molecule has 3 aliphatic heterocycles. The van der Waals surface area contributed by atoms with Gasteiger partial charge < -0.3 is 25.1 Å². The Morgan fingerprint density at radius 2 is 1.81 bits per heavy atom. The Labute approximate surface area is 209 Å². The van der Waals surface area contributed by atoms with E-state index in [1.807, 2.05) is 42.5 Å². The lowest BCUT2D eigenvalue weighted by molar-refractivity contribution is -0.142. The van der Waals surface area contributed by atoms with Gasteiger partial charge in [-0.3, -0.25) is 19.2 Å². The molecule has 0 aliphatic carbocycles. The van der Waals surface area contributed by atoms with Crippen molar-refractivity contribution in [3.63, 3.8) is 0 Å². The summed E-state index contributed by atoms with van der Waals surface area (Å²) < 4.78 is 0. The number of carbonyl (C=O) groups is 4. The molecule has 4 amide bonds. The first-order valence-electron chi connectivity index (χ1n) is 12.3. The van der Waals surface area contributed by atoms with Gasteiger partial charge in [-0.05, 0) is 30.5 Å². The highest BCUT2D eigenvalue weighted by Gasteiger charge is 2.44. The number of hydrogen-bond acceptors (Lipinski definition) is 5. The van der Waals surface area contributed by atoms with Gasteiger partial charge in [0.15, 0.2) is 0 Å². The van der Waals surface area contributed by atoms with E-state index in [1.165, 1.54) is 9.80 Å². The molecule has 0 unspecified atom stereocenters. The van der Waals surface area contributed by atoms with Crippen LogP contribution in [0.2, 0.25) is 0 Å². The summed E-state index contributed by atoms with van der Waals surface area (Å²) in [6.45, 7) is 2.98. The van der Waals surface area contributed by atoms with E-state index >= 15 is 0 Å². The summed E-state index contributed by atoms with van der Waals surface area (Å²) in [6, 6.07) is 14.5. The molecule has 2 fully saturated rings. The van der Waals surface area contributed by atoms with Crippen LogP contribution >= 0.6 is 0 Å². The largest absolute Gasteiger partial charge is 0.391 e. The van der Waals surface area contributed by atoms with Gasteiger partial charge in [0.1, 0.15) is 18.1 Å². The van der Waals surface area contributed by atoms with Crippen molar-refractivity contribution in [3.8, 4) is 0 Å². The molecule has 0 radical (unpaired) electrons. The van der Waals surface area contributed by atoms with E-state index in [0.717, 1.165) is 11.1 Å². The second-order valence-electron chi connectivity index (χ2n) is 9.76. The first-order valence-corrected chi connectivity index (χ1v) is 12.3. The van der Waals surface area contributed by atoms with Gasteiger partial charge in [-0.1, -0.05) is 48.5 Å². The maximum Gasteiger partial charge on any atom is 0.255 e. The number of hydrogen-bond donors (Lipinski definition) is 2. The van der Waals surface area contributed by atoms with Crippen molar-refractivity contribution in [1.82, 2.24) is 20.0 Å². The molecule has 2 aromatic carbocycles. The summed E-state index contributed by atoms with van der Waals surface area (Å²) in [6.07, 6.45) is -0.276. The predicted octanol–water partition coefficient (Wildman–Crippen LogP) is 0.910. The van der Waals surface area contributed by atoms with Crippen LogP contribution in [0.1, 0.15) is 41.3 Å². The molecule has 9 heteroatoms. The monoisotopic (exact) mass is 490 g/mol. The fraction of sp³-hybridized carbons (Fsp3) is 0.407. The highest BCUT2D eigenvalue weighted by molar-refractivity contribution is 6.01. The summed E-state index contributed by atoms with van der Waals surface area (Å²) >= 11 is 0. The smallest absolute Gasteiger partial charge is 0.255 e. The van der Waals surface area contributed by atoms with E-state index in [2.05, 4.69) is 5.32 Å². The van der Waals surface area contributed by atoms with Gasteiger partial charge >= 0.3 is 0 Å². The molecule has 2 N–H and O–H groups in total. The predicted molar refractivity (Wildman–Crippen MR) is 130 cm³/mol. The molecule has 3 heterocycles. The number of amides is 4. The van der Waals surface area contributed by atoms with Gasteiger partial charge in [0, 0.05) is 38.2 Å². The number of aliphatic hydroxyl groups excluding tert-OH is 1. The number of nitrogens with zero attached hydrogens (tertiary/aromatic N) is 3. The number of aliphatic hydroxyl groups is 1. The molecular formula is C27H30N4O5. The molecule has 0 spiro atoms. The third kappa shape index (κ3) is 4.46. The van der Waals surface area contributed by atoms with E-state index in [9.17, 15) is 24.3 Å². The lowest BCUT2D eigenvalue weighted by Crippen LogP contribution is -2.54. The number of rotatable bonds is 6. The summed E-state index contributed by atoms with van der Waals surface area (Å²) in [4.78, 5) is 56.9. The Balaban J connectivity index is 1.23. The highest BCUT2D eigenvalue weighted by Crippen LogP contribution is 2.27. The third-order valence-electron chi connectivity index (χ3n) is 7.37. The zero-order valence-electron chi connectivity index (χ0n) is 20.2. The summed E-state index contributed by atoms with van der Waals surface area (Å²) in [5.41, 5.74) is 2.45. The zero-order chi connectivity index (χ0) is 25.4. The van der Waals surface area contributed by atoms with E-state index in [1.54, 1.807) is 24.0 Å². The van der Waals surface area contributed by atoms with Crippen LogP contribution in [0.4, 0.5) is 0 Å². The minimum absolute atomic E-state index is 0.00891. The molecule has 0 bridgehead atoms. The van der Waals surface area contributed by atoms with Crippen molar-refractivity contribution < 1.29 is 24.3 Å². The SMILES string of the molecule is C[C@@H](C(=O)N1C[C@H](O)C[C@H]1C(=O)N[C@@H]1CCN(Cc2ccccc2)C1=O)N1Cc2ccccc2C1=O. The number of nitrogens with one attached hydrogen (secondary N) is 1. The fourth-order valence-electron chi connectivity index (χ4n) is 5.37. The highest BCUT2D eigenvalue weighted by atomic mass is 16.3. The topological polar surface area (TPSA) is 110 Å². The van der Waals surface area contributed by atoms with Crippen molar-refractivity contribution in [2.24, 2.45) is 0 Å². The maximum absolute atomic E-state index is 13.4. The molecule has 9 nitrogen and oxygen atoms in total. The maximum atomic E-state index is 13.4. The standard InChI is InChI=1S/C27H30N4O5/c1-17(30-15-19-9-5-6-10-21(19)26(30)35)25(34)31-16-20(32)13-23(31)24(33)28-22-11-12-29(27(22)36)14-18-7-3-2-4-8-18/h2-10,17,20,22-23,32H,11-16H2,1H3,(H,28,33)/t17-,20+,22+,23-/m0/s1. The van der Waals surface area contributed by atoms with Crippen molar-refractivity contribution >= 4 is 23.6 Å². The summed E-state index contributed by atoms with van der Waals surface area (Å²) in [5, 5.41) is 13.1. The molecule has 188 valence electrons. The molecule has 0 aromatic heterocycles. The molecule has 36 heavy (non-hydrogen) atoms. The van der Waals surface area contributed by atoms with Gasteiger partial charge in [0.05, 0.1) is 6.10 Å². The molecule has 0 saturated carbocycles. The van der Waals surface area contributed by atoms with E-state index < -0.39 is 36.0 Å². The van der Waals surface area contributed by atoms with Crippen LogP contribution in [-0.2, 0) is 27.5 Å². The van der Waals surface area contributed by atoms with Gasteiger partial charge in [-0.2, -0.15) is 0 Å². The molecular weight excluding hydrogens is 460 g/mol. The Bertz CT molecular complexity index is 1190. The molecule has 4 atom stereocenters. The van der Waals surface area contributed by atoms with Gasteiger partial charge in [0.25, 0.3) is 5.91 Å². The van der Waals surface area contributed by atoms with Crippen molar-refractivity contribution in [1.29, 1.82) is 0 Å². The van der Waals surface area contributed by atoms with Crippen LogP contribution in [0, 0.1) is 0 Å². The average Bonchev–Trinajstić information content (AvgIpc) is 3.55. The Hall–Kier alpha value is -3.72. The second kappa shape index (κ2) is 9.73. The molecule has 2 aromatic rings. The van der Waals surface area contributed by atoms with Crippen LogP contribution in [0.5, 0.6) is 0 Å². The molecule has 3 aliphatic rings. The Kier molecular flexibility index (Phi) is 6.49. The quantitative estimate of drug-likeness (QED) is 0.626.